The number of Topliss-reactive ketones (excluding diaryl/α,β-unsaturated/α-hetero) is 1. The minimum atomic E-state index is -0.331. The highest BCUT2D eigenvalue weighted by Crippen LogP contribution is 2.52. The lowest BCUT2D eigenvalue weighted by Crippen LogP contribution is -2.35. The molecule has 14 heavy (non-hydrogen) atoms. The minimum absolute atomic E-state index is 0.0208. The molecule has 2 heterocycles. The molecular formula is C12H12O2. The van der Waals surface area contributed by atoms with E-state index in [0.717, 1.165) is 19.3 Å². The standard InChI is InChI=1S/C12H12O2/c1-11-6-7-12(14-11)5-3-2-4-10(13)9(12)8-11/h6-7,9H,3,5,8H2,1H3/t9?,11-,12+/m1/s1. The number of ketones is 1. The first kappa shape index (κ1) is 8.26. The highest BCUT2D eigenvalue weighted by molar-refractivity contribution is 5.99. The Morgan fingerprint density at radius 2 is 2.43 bits per heavy atom. The molecule has 1 aliphatic carbocycles. The smallest absolute Gasteiger partial charge is 0.211 e. The van der Waals surface area contributed by atoms with E-state index >= 15 is 0 Å². The number of ether oxygens (including phenoxy) is 1. The average molecular weight is 188 g/mol. The van der Waals surface area contributed by atoms with Crippen LogP contribution >= 0.6 is 0 Å². The summed E-state index contributed by atoms with van der Waals surface area (Å²) in [4.78, 5) is 11.7. The van der Waals surface area contributed by atoms with Gasteiger partial charge in [0.25, 0.3) is 0 Å². The van der Waals surface area contributed by atoms with Crippen molar-refractivity contribution in [1.29, 1.82) is 0 Å². The maximum absolute atomic E-state index is 11.7. The van der Waals surface area contributed by atoms with Crippen LogP contribution in [0.25, 0.3) is 0 Å². The average Bonchev–Trinajstić information content (AvgIpc) is 2.58. The molecule has 0 N–H and O–H groups in total. The molecule has 1 fully saturated rings. The van der Waals surface area contributed by atoms with Gasteiger partial charge in [-0.25, -0.2) is 0 Å². The van der Waals surface area contributed by atoms with E-state index in [4.69, 9.17) is 4.74 Å². The Morgan fingerprint density at radius 3 is 3.21 bits per heavy atom. The third-order valence-electron chi connectivity index (χ3n) is 3.51. The lowest BCUT2D eigenvalue weighted by molar-refractivity contribution is -0.121. The molecule has 0 aromatic carbocycles. The minimum Gasteiger partial charge on any atom is -0.360 e. The second-order valence-corrected chi connectivity index (χ2v) is 4.63. The predicted molar refractivity (Wildman–Crippen MR) is 51.5 cm³/mol. The van der Waals surface area contributed by atoms with Gasteiger partial charge in [-0.15, -0.1) is 0 Å². The molecule has 1 unspecified atom stereocenters. The Balaban J connectivity index is 2.07. The van der Waals surface area contributed by atoms with Gasteiger partial charge in [0.05, 0.1) is 17.1 Å². The summed E-state index contributed by atoms with van der Waals surface area (Å²) in [6.45, 7) is 2.05. The topological polar surface area (TPSA) is 26.3 Å². The number of hydrogen-bond donors (Lipinski definition) is 0. The van der Waals surface area contributed by atoms with E-state index in [0.29, 0.717) is 0 Å². The largest absolute Gasteiger partial charge is 0.360 e. The molecule has 2 bridgehead atoms. The van der Waals surface area contributed by atoms with Crippen molar-refractivity contribution in [1.82, 2.24) is 0 Å². The summed E-state index contributed by atoms with van der Waals surface area (Å²) in [5.41, 5.74) is -0.540. The Kier molecular flexibility index (Phi) is 1.35. The Hall–Kier alpha value is -1.07. The zero-order valence-corrected chi connectivity index (χ0v) is 8.17. The van der Waals surface area contributed by atoms with E-state index in [2.05, 4.69) is 24.0 Å². The van der Waals surface area contributed by atoms with Gasteiger partial charge in [0.1, 0.15) is 0 Å². The van der Waals surface area contributed by atoms with E-state index in [9.17, 15) is 4.79 Å². The van der Waals surface area contributed by atoms with Gasteiger partial charge in [-0.3, -0.25) is 4.79 Å². The quantitative estimate of drug-likeness (QED) is 0.327. The van der Waals surface area contributed by atoms with Crippen molar-refractivity contribution in [3.8, 4) is 11.8 Å². The first-order valence-electron chi connectivity index (χ1n) is 5.07. The van der Waals surface area contributed by atoms with Crippen LogP contribution in [-0.4, -0.2) is 17.0 Å². The van der Waals surface area contributed by atoms with E-state index in [1.165, 1.54) is 0 Å². The molecule has 0 radical (unpaired) electrons. The first-order valence-corrected chi connectivity index (χ1v) is 5.07. The highest BCUT2D eigenvalue weighted by atomic mass is 16.5. The van der Waals surface area contributed by atoms with Crippen LogP contribution in [0.5, 0.6) is 0 Å². The van der Waals surface area contributed by atoms with Gasteiger partial charge in [-0.2, -0.15) is 0 Å². The SMILES string of the molecule is C[C@@]12C=C[C@]3(CCC#CC(=O)C3C1)O2. The number of carbonyl (C=O) groups excluding carboxylic acids is 1. The monoisotopic (exact) mass is 188 g/mol. The fraction of sp³-hybridized carbons (Fsp3) is 0.583. The summed E-state index contributed by atoms with van der Waals surface area (Å²) in [6, 6.07) is 0. The van der Waals surface area contributed by atoms with Gasteiger partial charge in [0.2, 0.25) is 5.78 Å². The van der Waals surface area contributed by atoms with Crippen LogP contribution in [0.2, 0.25) is 0 Å². The fourth-order valence-corrected chi connectivity index (χ4v) is 2.81. The summed E-state index contributed by atoms with van der Waals surface area (Å²) in [7, 11) is 0. The zero-order valence-electron chi connectivity index (χ0n) is 8.17. The Labute approximate surface area is 83.3 Å². The fourth-order valence-electron chi connectivity index (χ4n) is 2.81. The van der Waals surface area contributed by atoms with Gasteiger partial charge in [0, 0.05) is 6.42 Å². The van der Waals surface area contributed by atoms with E-state index < -0.39 is 0 Å². The van der Waals surface area contributed by atoms with E-state index in [1.54, 1.807) is 0 Å². The van der Waals surface area contributed by atoms with Crippen molar-refractivity contribution in [2.75, 3.05) is 0 Å². The van der Waals surface area contributed by atoms with Crippen molar-refractivity contribution in [3.05, 3.63) is 12.2 Å². The molecule has 1 saturated heterocycles. The molecule has 72 valence electrons. The van der Waals surface area contributed by atoms with Crippen LogP contribution in [0, 0.1) is 17.8 Å². The third-order valence-corrected chi connectivity index (χ3v) is 3.51. The lowest BCUT2D eigenvalue weighted by Gasteiger charge is -2.26. The van der Waals surface area contributed by atoms with Crippen LogP contribution in [0.15, 0.2) is 12.2 Å². The predicted octanol–water partition coefficient (Wildman–Crippen LogP) is 1.46. The summed E-state index contributed by atoms with van der Waals surface area (Å²) in [6.07, 6.45) is 6.61. The van der Waals surface area contributed by atoms with Crippen LogP contribution in [0.3, 0.4) is 0 Å². The van der Waals surface area contributed by atoms with E-state index in [-0.39, 0.29) is 22.9 Å². The van der Waals surface area contributed by atoms with Crippen LogP contribution in [0.1, 0.15) is 26.2 Å². The van der Waals surface area contributed by atoms with Crippen LogP contribution in [-0.2, 0) is 9.53 Å². The molecule has 1 spiro atoms. The highest BCUT2D eigenvalue weighted by Gasteiger charge is 2.57. The number of carbonyl (C=O) groups is 1. The molecule has 0 aromatic rings. The van der Waals surface area contributed by atoms with Gasteiger partial charge in [0.15, 0.2) is 0 Å². The summed E-state index contributed by atoms with van der Waals surface area (Å²) < 4.78 is 5.99. The maximum atomic E-state index is 11.7. The van der Waals surface area contributed by atoms with Crippen molar-refractivity contribution >= 4 is 5.78 Å². The second-order valence-electron chi connectivity index (χ2n) is 4.63. The van der Waals surface area contributed by atoms with Gasteiger partial charge in [-0.05, 0) is 25.7 Å². The third kappa shape index (κ3) is 0.883. The summed E-state index contributed by atoms with van der Waals surface area (Å²) >= 11 is 0. The normalized spacial score (nSPS) is 48.4. The van der Waals surface area contributed by atoms with Crippen LogP contribution in [0.4, 0.5) is 0 Å². The van der Waals surface area contributed by atoms with Gasteiger partial charge in [-0.1, -0.05) is 18.1 Å². The molecule has 2 heteroatoms. The molecule has 2 aliphatic heterocycles. The van der Waals surface area contributed by atoms with Crippen LogP contribution < -0.4 is 0 Å². The molecule has 2 nitrogen and oxygen atoms in total. The summed E-state index contributed by atoms with van der Waals surface area (Å²) in [5.74, 6) is 5.66. The van der Waals surface area contributed by atoms with Crippen molar-refractivity contribution in [2.24, 2.45) is 5.92 Å². The number of fused-ring (bicyclic) bond motifs is 1. The van der Waals surface area contributed by atoms with Crippen molar-refractivity contribution in [3.63, 3.8) is 0 Å². The van der Waals surface area contributed by atoms with Gasteiger partial charge >= 0.3 is 0 Å². The number of rotatable bonds is 0. The Morgan fingerprint density at radius 1 is 1.57 bits per heavy atom. The van der Waals surface area contributed by atoms with Gasteiger partial charge < -0.3 is 4.74 Å². The molecule has 3 rings (SSSR count). The molecule has 3 aliphatic rings. The lowest BCUT2D eigenvalue weighted by atomic mass is 9.76. The number of hydrogen-bond acceptors (Lipinski definition) is 2. The molecule has 0 amide bonds. The first-order chi connectivity index (χ1) is 6.64. The Bertz CT molecular complexity index is 398. The molecular weight excluding hydrogens is 176 g/mol. The second kappa shape index (κ2) is 2.29. The van der Waals surface area contributed by atoms with Crippen molar-refractivity contribution < 1.29 is 9.53 Å². The van der Waals surface area contributed by atoms with E-state index in [1.807, 2.05) is 6.92 Å². The zero-order chi connectivity index (χ0) is 9.81. The molecule has 3 atom stereocenters. The summed E-state index contributed by atoms with van der Waals surface area (Å²) in [5, 5.41) is 0. The maximum Gasteiger partial charge on any atom is 0.211 e. The van der Waals surface area contributed by atoms with Crippen molar-refractivity contribution in [2.45, 2.75) is 37.4 Å². The molecule has 0 aromatic heterocycles. The molecule has 0 saturated carbocycles.